The topological polar surface area (TPSA) is 52.9 Å². The highest BCUT2D eigenvalue weighted by Crippen LogP contribution is 2.42. The molecule has 0 fully saturated rings. The molecule has 1 heterocycles. The van der Waals surface area contributed by atoms with Gasteiger partial charge in [0, 0.05) is 22.7 Å². The van der Waals surface area contributed by atoms with E-state index in [0.29, 0.717) is 10.6 Å². The van der Waals surface area contributed by atoms with Gasteiger partial charge in [0.25, 0.3) is 11.6 Å². The smallest absolute Gasteiger partial charge is 0.362 e. The molecule has 1 aromatic carbocycles. The van der Waals surface area contributed by atoms with E-state index in [1.54, 1.807) is 20.8 Å². The lowest BCUT2D eigenvalue weighted by Gasteiger charge is -2.32. The van der Waals surface area contributed by atoms with E-state index < -0.39 is 24.2 Å². The fourth-order valence-electron chi connectivity index (χ4n) is 2.23. The first kappa shape index (κ1) is 17.7. The lowest BCUT2D eigenvalue weighted by molar-refractivity contribution is -0.297. The number of hydrogen-bond acceptors (Lipinski definition) is 3. The molecule has 1 N–H and O–H groups in total. The van der Waals surface area contributed by atoms with Gasteiger partial charge in [0.2, 0.25) is 0 Å². The normalized spacial score (nSPS) is 21.8. The third kappa shape index (κ3) is 3.07. The van der Waals surface area contributed by atoms with Gasteiger partial charge in [-0.3, -0.25) is 4.79 Å². The number of aryl methyl sites for hydroxylation is 1. The quantitative estimate of drug-likeness (QED) is 0.884. The summed E-state index contributed by atoms with van der Waals surface area (Å²) >= 11 is 5.86. The summed E-state index contributed by atoms with van der Waals surface area (Å²) in [6, 6.07) is 4.08. The SMILES string of the molecule is Cc1cc(C(=O)N2N=C(C(C)C)C[C@@]2(O)C(F)(F)F)ccc1Cl. The molecule has 0 spiro atoms. The molecule has 8 heteroatoms. The maximum absolute atomic E-state index is 13.3. The van der Waals surface area contributed by atoms with Crippen LogP contribution in [0.3, 0.4) is 0 Å². The Morgan fingerprint density at radius 1 is 1.43 bits per heavy atom. The first-order valence-electron chi connectivity index (χ1n) is 6.94. The van der Waals surface area contributed by atoms with Gasteiger partial charge in [-0.1, -0.05) is 25.4 Å². The van der Waals surface area contributed by atoms with E-state index in [1.807, 2.05) is 0 Å². The summed E-state index contributed by atoms with van der Waals surface area (Å²) in [4.78, 5) is 12.5. The molecule has 1 amide bonds. The fourth-order valence-corrected chi connectivity index (χ4v) is 2.34. The average molecular weight is 349 g/mol. The first-order chi connectivity index (χ1) is 10.5. The summed E-state index contributed by atoms with van der Waals surface area (Å²) in [6.07, 6.45) is -5.78. The number of aliphatic hydroxyl groups is 1. The molecule has 0 radical (unpaired) electrons. The van der Waals surface area contributed by atoms with Crippen molar-refractivity contribution in [1.29, 1.82) is 0 Å². The number of carbonyl (C=O) groups excluding carboxylic acids is 1. The van der Waals surface area contributed by atoms with Gasteiger partial charge in [0.05, 0.1) is 0 Å². The van der Waals surface area contributed by atoms with E-state index in [0.717, 1.165) is 0 Å². The Hall–Kier alpha value is -1.60. The Morgan fingerprint density at radius 3 is 2.52 bits per heavy atom. The number of rotatable bonds is 2. The predicted octanol–water partition coefficient (Wildman–Crippen LogP) is 3.76. The summed E-state index contributed by atoms with van der Waals surface area (Å²) in [5.74, 6) is -1.35. The molecular formula is C15H16ClF3N2O2. The van der Waals surface area contributed by atoms with Crippen molar-refractivity contribution in [3.8, 4) is 0 Å². The number of alkyl halides is 3. The van der Waals surface area contributed by atoms with Crippen LogP contribution in [0.2, 0.25) is 5.02 Å². The highest BCUT2D eigenvalue weighted by atomic mass is 35.5. The summed E-state index contributed by atoms with van der Waals surface area (Å²) in [5.41, 5.74) is -2.70. The minimum absolute atomic E-state index is 0.0247. The number of halogens is 4. The van der Waals surface area contributed by atoms with Crippen molar-refractivity contribution in [1.82, 2.24) is 5.01 Å². The van der Waals surface area contributed by atoms with E-state index in [4.69, 9.17) is 11.6 Å². The van der Waals surface area contributed by atoms with Crippen molar-refractivity contribution in [3.63, 3.8) is 0 Å². The summed E-state index contributed by atoms with van der Waals surface area (Å²) < 4.78 is 39.9. The molecule has 126 valence electrons. The third-order valence-corrected chi connectivity index (χ3v) is 4.15. The van der Waals surface area contributed by atoms with Crippen LogP contribution >= 0.6 is 11.6 Å². The molecule has 0 unspecified atom stereocenters. The van der Waals surface area contributed by atoms with Crippen LogP contribution < -0.4 is 0 Å². The van der Waals surface area contributed by atoms with Crippen molar-refractivity contribution < 1.29 is 23.1 Å². The zero-order chi connectivity index (χ0) is 17.6. The second kappa shape index (κ2) is 5.79. The second-order valence-corrected chi connectivity index (χ2v) is 6.23. The number of hydrazone groups is 1. The summed E-state index contributed by atoms with van der Waals surface area (Å²) in [5, 5.41) is 14.4. The number of carbonyl (C=O) groups is 1. The molecule has 1 atom stereocenters. The molecule has 4 nitrogen and oxygen atoms in total. The Balaban J connectivity index is 2.47. The monoisotopic (exact) mass is 348 g/mol. The van der Waals surface area contributed by atoms with Crippen LogP contribution in [0.15, 0.2) is 23.3 Å². The Morgan fingerprint density at radius 2 is 2.04 bits per heavy atom. The van der Waals surface area contributed by atoms with Gasteiger partial charge in [-0.15, -0.1) is 0 Å². The Bertz CT molecular complexity index is 673. The van der Waals surface area contributed by atoms with Gasteiger partial charge in [-0.25, -0.2) is 0 Å². The van der Waals surface area contributed by atoms with Crippen molar-refractivity contribution >= 4 is 23.2 Å². The van der Waals surface area contributed by atoms with E-state index in [1.165, 1.54) is 18.2 Å². The molecule has 0 saturated heterocycles. The van der Waals surface area contributed by atoms with Crippen LogP contribution in [0.1, 0.15) is 36.2 Å². The van der Waals surface area contributed by atoms with Crippen LogP contribution in [0.25, 0.3) is 0 Å². The lowest BCUT2D eigenvalue weighted by atomic mass is 9.98. The van der Waals surface area contributed by atoms with Gasteiger partial charge in [-0.05, 0) is 36.6 Å². The second-order valence-electron chi connectivity index (χ2n) is 5.82. The highest BCUT2D eigenvalue weighted by molar-refractivity contribution is 6.31. The molecule has 1 aliphatic rings. The van der Waals surface area contributed by atoms with Crippen LogP contribution in [0, 0.1) is 12.8 Å². The van der Waals surface area contributed by atoms with Gasteiger partial charge in [0.1, 0.15) is 0 Å². The van der Waals surface area contributed by atoms with Crippen molar-refractivity contribution in [2.24, 2.45) is 11.0 Å². The molecule has 0 aliphatic carbocycles. The minimum Gasteiger partial charge on any atom is -0.362 e. The lowest BCUT2D eigenvalue weighted by Crippen LogP contribution is -2.56. The minimum atomic E-state index is -5.02. The summed E-state index contributed by atoms with van der Waals surface area (Å²) in [7, 11) is 0. The Kier molecular flexibility index (Phi) is 4.47. The molecule has 0 bridgehead atoms. The maximum atomic E-state index is 13.3. The molecule has 1 aliphatic heterocycles. The largest absolute Gasteiger partial charge is 0.438 e. The summed E-state index contributed by atoms with van der Waals surface area (Å²) in [6.45, 7) is 4.92. The number of hydrogen-bond donors (Lipinski definition) is 1. The van der Waals surface area contributed by atoms with Crippen molar-refractivity contribution in [2.75, 3.05) is 0 Å². The van der Waals surface area contributed by atoms with E-state index in [9.17, 15) is 23.1 Å². The van der Waals surface area contributed by atoms with Gasteiger partial charge >= 0.3 is 6.18 Å². The zero-order valence-electron chi connectivity index (χ0n) is 12.8. The van der Waals surface area contributed by atoms with Gasteiger partial charge in [-0.2, -0.15) is 23.3 Å². The molecule has 23 heavy (non-hydrogen) atoms. The van der Waals surface area contributed by atoms with Crippen molar-refractivity contribution in [2.45, 2.75) is 39.1 Å². The zero-order valence-corrected chi connectivity index (χ0v) is 13.5. The molecular weight excluding hydrogens is 333 g/mol. The predicted molar refractivity (Wildman–Crippen MR) is 80.3 cm³/mol. The highest BCUT2D eigenvalue weighted by Gasteiger charge is 2.63. The van der Waals surface area contributed by atoms with Gasteiger partial charge < -0.3 is 5.11 Å². The molecule has 2 rings (SSSR count). The van der Waals surface area contributed by atoms with Crippen LogP contribution in [-0.2, 0) is 0 Å². The maximum Gasteiger partial charge on any atom is 0.438 e. The molecule has 1 aromatic rings. The number of nitrogens with zero attached hydrogens (tertiary/aromatic N) is 2. The number of amides is 1. The standard InChI is InChI=1S/C15H16ClF3N2O2/c1-8(2)12-7-14(23,15(17,18)19)21(20-12)13(22)10-4-5-11(16)9(3)6-10/h4-6,8,23H,7H2,1-3H3/t14-/m1/s1. The Labute approximate surface area is 136 Å². The van der Waals surface area contributed by atoms with E-state index >= 15 is 0 Å². The van der Waals surface area contributed by atoms with Crippen LogP contribution in [-0.4, -0.2) is 33.6 Å². The van der Waals surface area contributed by atoms with E-state index in [2.05, 4.69) is 5.10 Å². The fraction of sp³-hybridized carbons (Fsp3) is 0.467. The van der Waals surface area contributed by atoms with E-state index in [-0.39, 0.29) is 22.2 Å². The third-order valence-electron chi connectivity index (χ3n) is 3.72. The van der Waals surface area contributed by atoms with Crippen LogP contribution in [0.5, 0.6) is 0 Å². The first-order valence-corrected chi connectivity index (χ1v) is 7.32. The average Bonchev–Trinajstić information content (AvgIpc) is 2.80. The van der Waals surface area contributed by atoms with Crippen LogP contribution in [0.4, 0.5) is 13.2 Å². The number of benzene rings is 1. The molecule has 0 aromatic heterocycles. The van der Waals surface area contributed by atoms with Crippen molar-refractivity contribution in [3.05, 3.63) is 34.3 Å². The molecule has 0 saturated carbocycles. The van der Waals surface area contributed by atoms with Gasteiger partial charge in [0.15, 0.2) is 0 Å².